The van der Waals surface area contributed by atoms with Gasteiger partial charge < -0.3 is 10.1 Å². The molecule has 0 aliphatic heterocycles. The van der Waals surface area contributed by atoms with E-state index in [1.54, 1.807) is 26.2 Å². The van der Waals surface area contributed by atoms with Crippen molar-refractivity contribution >= 4 is 23.4 Å². The van der Waals surface area contributed by atoms with Gasteiger partial charge in [-0.15, -0.1) is 10.2 Å². The predicted octanol–water partition coefficient (Wildman–Crippen LogP) is 5.51. The Morgan fingerprint density at radius 2 is 1.73 bits per heavy atom. The molecule has 3 aromatic carbocycles. The topological polar surface area (TPSA) is 69.0 Å². The number of aryl methyl sites for hydroxylation is 1. The van der Waals surface area contributed by atoms with Crippen molar-refractivity contribution in [1.29, 1.82) is 0 Å². The number of halogens is 1. The fourth-order valence-corrected chi connectivity index (χ4v) is 4.15. The lowest BCUT2D eigenvalue weighted by molar-refractivity contribution is -0.115. The van der Waals surface area contributed by atoms with Gasteiger partial charge in [0.15, 0.2) is 11.0 Å². The van der Waals surface area contributed by atoms with Crippen LogP contribution < -0.4 is 10.1 Å². The van der Waals surface area contributed by atoms with Gasteiger partial charge in [0.05, 0.1) is 23.6 Å². The molecule has 1 unspecified atom stereocenters. The van der Waals surface area contributed by atoms with Gasteiger partial charge in [-0.3, -0.25) is 9.36 Å². The molecule has 0 spiro atoms. The third-order valence-corrected chi connectivity index (χ3v) is 6.10. The van der Waals surface area contributed by atoms with Crippen LogP contribution in [0.2, 0.25) is 0 Å². The van der Waals surface area contributed by atoms with E-state index < -0.39 is 11.1 Å². The van der Waals surface area contributed by atoms with E-state index in [0.29, 0.717) is 16.7 Å². The number of nitrogens with zero attached hydrogens (tertiary/aromatic N) is 3. The third-order valence-electron chi connectivity index (χ3n) is 5.06. The summed E-state index contributed by atoms with van der Waals surface area (Å²) in [6.45, 7) is 3.76. The van der Waals surface area contributed by atoms with Crippen LogP contribution in [0.1, 0.15) is 12.5 Å². The summed E-state index contributed by atoms with van der Waals surface area (Å²) in [7, 11) is 1.61. The number of rotatable bonds is 7. The maximum absolute atomic E-state index is 14.0. The fraction of sp³-hybridized carbons (Fsp3) is 0.160. The summed E-state index contributed by atoms with van der Waals surface area (Å²) in [5.41, 5.74) is 2.90. The Morgan fingerprint density at radius 3 is 2.45 bits per heavy atom. The van der Waals surface area contributed by atoms with Crippen LogP contribution in [0.25, 0.3) is 17.1 Å². The lowest BCUT2D eigenvalue weighted by Gasteiger charge is -2.15. The van der Waals surface area contributed by atoms with Gasteiger partial charge in [-0.1, -0.05) is 53.7 Å². The predicted molar refractivity (Wildman–Crippen MR) is 128 cm³/mol. The molecule has 0 bridgehead atoms. The quantitative estimate of drug-likeness (QED) is 0.367. The minimum atomic E-state index is -0.552. The normalized spacial score (nSPS) is 11.8. The number of benzene rings is 3. The highest BCUT2D eigenvalue weighted by atomic mass is 32.2. The van der Waals surface area contributed by atoms with Crippen LogP contribution in [-0.4, -0.2) is 33.0 Å². The van der Waals surface area contributed by atoms with E-state index in [2.05, 4.69) is 15.5 Å². The second kappa shape index (κ2) is 9.87. The molecule has 0 aliphatic carbocycles. The molecule has 1 aromatic heterocycles. The average molecular weight is 463 g/mol. The molecule has 0 saturated carbocycles. The van der Waals surface area contributed by atoms with Gasteiger partial charge in [0.2, 0.25) is 5.91 Å². The number of anilines is 1. The summed E-state index contributed by atoms with van der Waals surface area (Å²) in [4.78, 5) is 12.8. The lowest BCUT2D eigenvalue weighted by atomic mass is 10.1. The summed E-state index contributed by atoms with van der Waals surface area (Å²) in [6.07, 6.45) is 0. The van der Waals surface area contributed by atoms with Gasteiger partial charge in [0.25, 0.3) is 0 Å². The van der Waals surface area contributed by atoms with E-state index in [1.807, 2.05) is 60.0 Å². The molecule has 4 rings (SSSR count). The van der Waals surface area contributed by atoms with Gasteiger partial charge in [0, 0.05) is 5.69 Å². The Labute approximate surface area is 195 Å². The van der Waals surface area contributed by atoms with Crippen molar-refractivity contribution in [3.8, 4) is 22.8 Å². The summed E-state index contributed by atoms with van der Waals surface area (Å²) in [6, 6.07) is 21.6. The maximum Gasteiger partial charge on any atom is 0.237 e. The molecule has 1 amide bonds. The average Bonchev–Trinajstić information content (AvgIpc) is 3.24. The number of hydrogen-bond donors (Lipinski definition) is 1. The van der Waals surface area contributed by atoms with Crippen LogP contribution in [0.15, 0.2) is 78.0 Å². The molecule has 0 radical (unpaired) electrons. The van der Waals surface area contributed by atoms with Gasteiger partial charge in [-0.2, -0.15) is 0 Å². The molecule has 0 fully saturated rings. The Bertz CT molecular complexity index is 1270. The first-order valence-corrected chi connectivity index (χ1v) is 11.2. The number of carbonyl (C=O) groups is 1. The molecule has 6 nitrogen and oxygen atoms in total. The smallest absolute Gasteiger partial charge is 0.237 e. The van der Waals surface area contributed by atoms with Gasteiger partial charge in [-0.25, -0.2) is 4.39 Å². The van der Waals surface area contributed by atoms with E-state index >= 15 is 0 Å². The molecular weight excluding hydrogens is 439 g/mol. The number of carbonyl (C=O) groups excluding carboxylic acids is 1. The minimum absolute atomic E-state index is 0.143. The third kappa shape index (κ3) is 4.90. The molecule has 168 valence electrons. The number of thioether (sulfide) groups is 1. The van der Waals surface area contributed by atoms with E-state index in [1.165, 1.54) is 23.9 Å². The van der Waals surface area contributed by atoms with Crippen LogP contribution in [-0.2, 0) is 4.79 Å². The van der Waals surface area contributed by atoms with Crippen LogP contribution in [0.3, 0.4) is 0 Å². The summed E-state index contributed by atoms with van der Waals surface area (Å²) < 4.78 is 21.4. The van der Waals surface area contributed by atoms with Crippen molar-refractivity contribution < 1.29 is 13.9 Å². The van der Waals surface area contributed by atoms with E-state index in [-0.39, 0.29) is 11.6 Å². The molecule has 4 aromatic rings. The second-order valence-corrected chi connectivity index (χ2v) is 8.71. The SMILES string of the molecule is COc1ccccc1-c1nnc(SC(C)C(=O)Nc2ccccc2F)n1-c1ccc(C)cc1. The number of para-hydroxylation sites is 2. The second-order valence-electron chi connectivity index (χ2n) is 7.41. The molecular formula is C25H23FN4O2S. The zero-order valence-electron chi connectivity index (χ0n) is 18.4. The molecule has 33 heavy (non-hydrogen) atoms. The highest BCUT2D eigenvalue weighted by molar-refractivity contribution is 8.00. The zero-order chi connectivity index (χ0) is 23.4. The molecule has 0 saturated heterocycles. The van der Waals surface area contributed by atoms with Crippen molar-refractivity contribution in [2.24, 2.45) is 0 Å². The van der Waals surface area contributed by atoms with Crippen molar-refractivity contribution in [2.75, 3.05) is 12.4 Å². The summed E-state index contributed by atoms with van der Waals surface area (Å²) in [5.74, 6) is 0.451. The van der Waals surface area contributed by atoms with Crippen LogP contribution in [0.4, 0.5) is 10.1 Å². The van der Waals surface area contributed by atoms with Gasteiger partial charge in [-0.05, 0) is 50.2 Å². The lowest BCUT2D eigenvalue weighted by Crippen LogP contribution is -2.23. The van der Waals surface area contributed by atoms with E-state index in [4.69, 9.17) is 4.74 Å². The van der Waals surface area contributed by atoms with Crippen LogP contribution >= 0.6 is 11.8 Å². The summed E-state index contributed by atoms with van der Waals surface area (Å²) >= 11 is 1.25. The van der Waals surface area contributed by atoms with Crippen molar-refractivity contribution in [1.82, 2.24) is 14.8 Å². The number of methoxy groups -OCH3 is 1. The zero-order valence-corrected chi connectivity index (χ0v) is 19.3. The number of nitrogens with one attached hydrogen (secondary N) is 1. The van der Waals surface area contributed by atoms with Crippen LogP contribution in [0, 0.1) is 12.7 Å². The van der Waals surface area contributed by atoms with Crippen molar-refractivity contribution in [3.63, 3.8) is 0 Å². The van der Waals surface area contributed by atoms with Gasteiger partial charge in [0.1, 0.15) is 11.6 Å². The Kier molecular flexibility index (Phi) is 6.74. The summed E-state index contributed by atoms with van der Waals surface area (Å²) in [5, 5.41) is 11.4. The maximum atomic E-state index is 14.0. The van der Waals surface area contributed by atoms with E-state index in [9.17, 15) is 9.18 Å². The number of aromatic nitrogens is 3. The Balaban J connectivity index is 1.69. The molecule has 1 N–H and O–H groups in total. The Morgan fingerprint density at radius 1 is 1.03 bits per heavy atom. The highest BCUT2D eigenvalue weighted by Crippen LogP contribution is 2.34. The molecule has 0 aliphatic rings. The first-order chi connectivity index (χ1) is 16.0. The number of hydrogen-bond acceptors (Lipinski definition) is 5. The fourth-order valence-electron chi connectivity index (χ4n) is 3.29. The molecule has 8 heteroatoms. The largest absolute Gasteiger partial charge is 0.496 e. The van der Waals surface area contributed by atoms with Crippen LogP contribution in [0.5, 0.6) is 5.75 Å². The highest BCUT2D eigenvalue weighted by Gasteiger charge is 2.23. The van der Waals surface area contributed by atoms with Crippen molar-refractivity contribution in [3.05, 3.63) is 84.2 Å². The standard InChI is InChI=1S/C25H23FN4O2S/c1-16-12-14-18(15-13-16)30-23(19-8-4-7-11-22(19)32-3)28-29-25(30)33-17(2)24(31)27-21-10-6-5-9-20(21)26/h4-15,17H,1-3H3,(H,27,31). The van der Waals surface area contributed by atoms with Crippen molar-refractivity contribution in [2.45, 2.75) is 24.3 Å². The van der Waals surface area contributed by atoms with E-state index in [0.717, 1.165) is 16.8 Å². The number of amides is 1. The van der Waals surface area contributed by atoms with Gasteiger partial charge >= 0.3 is 0 Å². The first kappa shape index (κ1) is 22.5. The molecule has 1 atom stereocenters. The first-order valence-electron chi connectivity index (χ1n) is 10.4. The monoisotopic (exact) mass is 462 g/mol. The minimum Gasteiger partial charge on any atom is -0.496 e. The molecule has 1 heterocycles. The number of ether oxygens (including phenoxy) is 1. The Hall–Kier alpha value is -3.65.